The SMILES string of the molecule is CC/C=C/C=C/C=C/C=C\CCCCCC(CC(=O)NC(CO)C(O)CCCCCCCCCCCC)OC(=O)CCCCCCCCCCCCCC. The third-order valence-corrected chi connectivity index (χ3v) is 10.3. The fourth-order valence-electron chi connectivity index (χ4n) is 6.79. The third-order valence-electron chi connectivity index (χ3n) is 10.3. The van der Waals surface area contributed by atoms with Gasteiger partial charge in [0.25, 0.3) is 0 Å². The van der Waals surface area contributed by atoms with Gasteiger partial charge in [0.2, 0.25) is 5.91 Å². The number of carbonyl (C=O) groups excluding carboxylic acids is 2. The van der Waals surface area contributed by atoms with Gasteiger partial charge in [0.15, 0.2) is 0 Å². The number of rotatable bonds is 40. The lowest BCUT2D eigenvalue weighted by atomic mass is 10.0. The van der Waals surface area contributed by atoms with Crippen LogP contribution < -0.4 is 5.32 Å². The second-order valence-corrected chi connectivity index (χ2v) is 15.5. The number of nitrogens with one attached hydrogen (secondary N) is 1. The Morgan fingerprint density at radius 1 is 0.556 bits per heavy atom. The van der Waals surface area contributed by atoms with Crippen molar-refractivity contribution >= 4 is 11.9 Å². The first-order chi connectivity index (χ1) is 26.5. The summed E-state index contributed by atoms with van der Waals surface area (Å²) in [4.78, 5) is 26.0. The Balaban J connectivity index is 4.67. The summed E-state index contributed by atoms with van der Waals surface area (Å²) in [6.07, 6.45) is 48.8. The van der Waals surface area contributed by atoms with Crippen LogP contribution in [-0.2, 0) is 14.3 Å². The quantitative estimate of drug-likeness (QED) is 0.0329. The van der Waals surface area contributed by atoms with Crippen LogP contribution in [-0.4, -0.2) is 46.9 Å². The molecule has 0 spiro atoms. The zero-order valence-corrected chi connectivity index (χ0v) is 35.6. The Hall–Kier alpha value is -2.18. The lowest BCUT2D eigenvalue weighted by Crippen LogP contribution is -2.46. The molecule has 0 aliphatic carbocycles. The van der Waals surface area contributed by atoms with Crippen LogP contribution >= 0.6 is 0 Å². The molecule has 3 atom stereocenters. The van der Waals surface area contributed by atoms with Gasteiger partial charge < -0.3 is 20.3 Å². The molecular weight excluding hydrogens is 671 g/mol. The Labute approximate surface area is 334 Å². The van der Waals surface area contributed by atoms with E-state index in [4.69, 9.17) is 4.74 Å². The Bertz CT molecular complexity index is 941. The Morgan fingerprint density at radius 3 is 1.52 bits per heavy atom. The van der Waals surface area contributed by atoms with E-state index in [2.05, 4.69) is 50.4 Å². The van der Waals surface area contributed by atoms with Crippen molar-refractivity contribution in [3.05, 3.63) is 48.6 Å². The van der Waals surface area contributed by atoms with E-state index < -0.39 is 18.2 Å². The maximum Gasteiger partial charge on any atom is 0.306 e. The first-order valence-electron chi connectivity index (χ1n) is 22.9. The van der Waals surface area contributed by atoms with E-state index in [0.29, 0.717) is 19.3 Å². The van der Waals surface area contributed by atoms with Gasteiger partial charge in [0.05, 0.1) is 25.2 Å². The molecule has 3 unspecified atom stereocenters. The van der Waals surface area contributed by atoms with Crippen molar-refractivity contribution in [3.63, 3.8) is 0 Å². The van der Waals surface area contributed by atoms with Crippen molar-refractivity contribution < 1.29 is 24.5 Å². The lowest BCUT2D eigenvalue weighted by molar-refractivity contribution is -0.151. The van der Waals surface area contributed by atoms with Crippen LogP contribution in [0.25, 0.3) is 0 Å². The zero-order valence-electron chi connectivity index (χ0n) is 35.6. The number of amides is 1. The van der Waals surface area contributed by atoms with E-state index in [9.17, 15) is 19.8 Å². The average molecular weight is 758 g/mol. The highest BCUT2D eigenvalue weighted by atomic mass is 16.5. The molecule has 0 radical (unpaired) electrons. The van der Waals surface area contributed by atoms with Crippen LogP contribution in [0.2, 0.25) is 0 Å². The van der Waals surface area contributed by atoms with E-state index in [1.54, 1.807) is 0 Å². The molecule has 54 heavy (non-hydrogen) atoms. The smallest absolute Gasteiger partial charge is 0.306 e. The van der Waals surface area contributed by atoms with Gasteiger partial charge in [-0.2, -0.15) is 0 Å². The number of esters is 1. The minimum absolute atomic E-state index is 0.0529. The number of hydrogen-bond donors (Lipinski definition) is 3. The number of allylic oxidation sites excluding steroid dienone is 8. The van der Waals surface area contributed by atoms with Crippen molar-refractivity contribution in [2.45, 2.75) is 238 Å². The van der Waals surface area contributed by atoms with E-state index in [-0.39, 0.29) is 24.9 Å². The van der Waals surface area contributed by atoms with Crippen LogP contribution in [0.4, 0.5) is 0 Å². The molecule has 1 amide bonds. The Kier molecular flexibility index (Phi) is 40.3. The van der Waals surface area contributed by atoms with Crippen molar-refractivity contribution in [2.24, 2.45) is 0 Å². The van der Waals surface area contributed by atoms with Crippen molar-refractivity contribution in [1.82, 2.24) is 5.32 Å². The average Bonchev–Trinajstić information content (AvgIpc) is 3.16. The number of ether oxygens (including phenoxy) is 1. The molecule has 0 bridgehead atoms. The molecule has 3 N–H and O–H groups in total. The monoisotopic (exact) mass is 758 g/mol. The highest BCUT2D eigenvalue weighted by Crippen LogP contribution is 2.17. The van der Waals surface area contributed by atoms with Gasteiger partial charge in [0.1, 0.15) is 6.10 Å². The molecule has 0 fully saturated rings. The molecule has 0 aromatic carbocycles. The zero-order chi connectivity index (χ0) is 39.6. The summed E-state index contributed by atoms with van der Waals surface area (Å²) in [5.74, 6) is -0.512. The lowest BCUT2D eigenvalue weighted by Gasteiger charge is -2.24. The van der Waals surface area contributed by atoms with Crippen LogP contribution in [0, 0.1) is 0 Å². The van der Waals surface area contributed by atoms with E-state index >= 15 is 0 Å². The van der Waals surface area contributed by atoms with Crippen LogP contribution in [0.1, 0.15) is 220 Å². The highest BCUT2D eigenvalue weighted by Gasteiger charge is 2.24. The van der Waals surface area contributed by atoms with Gasteiger partial charge in [-0.1, -0.05) is 211 Å². The molecule has 0 saturated heterocycles. The third kappa shape index (κ3) is 36.8. The van der Waals surface area contributed by atoms with Crippen molar-refractivity contribution in [2.75, 3.05) is 6.61 Å². The molecule has 0 aromatic rings. The maximum atomic E-state index is 13.1. The van der Waals surface area contributed by atoms with Crippen LogP contribution in [0.15, 0.2) is 48.6 Å². The maximum absolute atomic E-state index is 13.1. The molecule has 0 saturated carbocycles. The molecule has 6 heteroatoms. The molecule has 314 valence electrons. The summed E-state index contributed by atoms with van der Waals surface area (Å²) in [6.45, 7) is 6.30. The van der Waals surface area contributed by atoms with Gasteiger partial charge in [-0.3, -0.25) is 9.59 Å². The first-order valence-corrected chi connectivity index (χ1v) is 22.9. The van der Waals surface area contributed by atoms with Gasteiger partial charge in [-0.05, 0) is 44.9 Å². The van der Waals surface area contributed by atoms with Crippen molar-refractivity contribution in [3.8, 4) is 0 Å². The number of unbranched alkanes of at least 4 members (excludes halogenated alkanes) is 23. The largest absolute Gasteiger partial charge is 0.462 e. The summed E-state index contributed by atoms with van der Waals surface area (Å²) in [7, 11) is 0. The van der Waals surface area contributed by atoms with Gasteiger partial charge >= 0.3 is 5.97 Å². The standard InChI is InChI=1S/C48H87NO5/c1-4-7-10-13-16-19-22-24-25-27-30-33-36-39-44(54-48(53)41-38-35-32-29-26-23-20-17-14-11-8-5-2)42-47(52)49-45(43-50)46(51)40-37-34-31-28-21-18-15-12-9-6-3/h7,10,13,16,19,22,24-25,44-46,50-51H,4-6,8-9,11-12,14-15,17-18,20-21,23,26-43H2,1-3H3,(H,49,52)/b10-7+,16-13+,22-19+,25-24-. The van der Waals surface area contributed by atoms with E-state index in [1.165, 1.54) is 103 Å². The predicted molar refractivity (Wildman–Crippen MR) is 232 cm³/mol. The van der Waals surface area contributed by atoms with E-state index in [1.807, 2.05) is 24.3 Å². The fourth-order valence-corrected chi connectivity index (χ4v) is 6.79. The summed E-state index contributed by atoms with van der Waals surface area (Å²) in [5.41, 5.74) is 0. The first kappa shape index (κ1) is 51.8. The fraction of sp³-hybridized carbons (Fsp3) is 0.792. The minimum atomic E-state index is -0.795. The van der Waals surface area contributed by atoms with E-state index in [0.717, 1.165) is 70.6 Å². The number of carbonyl (C=O) groups is 2. The summed E-state index contributed by atoms with van der Waals surface area (Å²) < 4.78 is 5.88. The minimum Gasteiger partial charge on any atom is -0.462 e. The van der Waals surface area contributed by atoms with Gasteiger partial charge in [-0.15, -0.1) is 0 Å². The number of aliphatic hydroxyl groups is 2. The molecule has 6 nitrogen and oxygen atoms in total. The molecule has 0 aromatic heterocycles. The van der Waals surface area contributed by atoms with Crippen molar-refractivity contribution in [1.29, 1.82) is 0 Å². The summed E-state index contributed by atoms with van der Waals surface area (Å²) in [6, 6.07) is -0.711. The second-order valence-electron chi connectivity index (χ2n) is 15.5. The molecule has 0 rings (SSSR count). The topological polar surface area (TPSA) is 95.9 Å². The molecule has 0 aliphatic heterocycles. The van der Waals surface area contributed by atoms with Gasteiger partial charge in [0, 0.05) is 6.42 Å². The second kappa shape index (κ2) is 42.0. The molecule has 0 aliphatic rings. The number of hydrogen-bond acceptors (Lipinski definition) is 5. The summed E-state index contributed by atoms with van der Waals surface area (Å²) >= 11 is 0. The predicted octanol–water partition coefficient (Wildman–Crippen LogP) is 13.1. The highest BCUT2D eigenvalue weighted by molar-refractivity contribution is 5.77. The normalized spacial score (nSPS) is 13.8. The van der Waals surface area contributed by atoms with Gasteiger partial charge in [-0.25, -0.2) is 0 Å². The molecular formula is C48H87NO5. The summed E-state index contributed by atoms with van der Waals surface area (Å²) in [5, 5.41) is 23.6. The van der Waals surface area contributed by atoms with Crippen LogP contribution in [0.3, 0.4) is 0 Å². The number of aliphatic hydroxyl groups excluding tert-OH is 2. The Morgan fingerprint density at radius 2 is 1.00 bits per heavy atom. The molecule has 0 heterocycles. The van der Waals surface area contributed by atoms with Crippen LogP contribution in [0.5, 0.6) is 0 Å².